The lowest BCUT2D eigenvalue weighted by atomic mass is 10.1. The Balaban J connectivity index is 2.53. The van der Waals surface area contributed by atoms with Crippen LogP contribution in [0, 0.1) is 0 Å². The zero-order chi connectivity index (χ0) is 16.0. The van der Waals surface area contributed by atoms with Gasteiger partial charge in [0.25, 0.3) is 10.1 Å². The van der Waals surface area contributed by atoms with Crippen molar-refractivity contribution in [3.8, 4) is 5.75 Å². The fourth-order valence-electron chi connectivity index (χ4n) is 1.47. The summed E-state index contributed by atoms with van der Waals surface area (Å²) >= 11 is 0. The second-order valence-electron chi connectivity index (χ2n) is 4.44. The van der Waals surface area contributed by atoms with Gasteiger partial charge in [0.05, 0.1) is 18.2 Å². The molecule has 0 amide bonds. The molecule has 1 unspecified atom stereocenters. The number of nitrogens with two attached hydrogens (primary N) is 1. The first-order valence-electron chi connectivity index (χ1n) is 6.04. The molecule has 5 N–H and O–H groups in total. The maximum Gasteiger partial charge on any atom is 0.312 e. The number of hydrogen-bond donors (Lipinski definition) is 4. The van der Waals surface area contributed by atoms with Gasteiger partial charge in [0.15, 0.2) is 6.29 Å². The van der Waals surface area contributed by atoms with Gasteiger partial charge < -0.3 is 20.7 Å². The third-order valence-corrected chi connectivity index (χ3v) is 3.29. The predicted molar refractivity (Wildman–Crippen MR) is 73.0 cm³/mol. The summed E-state index contributed by atoms with van der Waals surface area (Å²) in [5, 5.41) is 17.7. The van der Waals surface area contributed by atoms with Gasteiger partial charge in [-0.15, -0.1) is 0 Å². The van der Waals surface area contributed by atoms with Crippen molar-refractivity contribution >= 4 is 16.1 Å². The minimum Gasteiger partial charge on any atom is -0.427 e. The van der Waals surface area contributed by atoms with Gasteiger partial charge >= 0.3 is 5.97 Å². The van der Waals surface area contributed by atoms with Gasteiger partial charge in [-0.1, -0.05) is 12.1 Å². The summed E-state index contributed by atoms with van der Waals surface area (Å²) in [5.41, 5.74) is 6.20. The predicted octanol–water partition coefficient (Wildman–Crippen LogP) is -0.950. The lowest BCUT2D eigenvalue weighted by molar-refractivity contribution is -0.133. The van der Waals surface area contributed by atoms with Crippen LogP contribution in [0.5, 0.6) is 5.75 Å². The van der Waals surface area contributed by atoms with Gasteiger partial charge in [-0.05, 0) is 24.1 Å². The Hall–Kier alpha value is -1.52. The number of benzene rings is 1. The lowest BCUT2D eigenvalue weighted by Gasteiger charge is -2.13. The molecule has 0 heterocycles. The summed E-state index contributed by atoms with van der Waals surface area (Å²) in [6.45, 7) is 0. The first-order valence-corrected chi connectivity index (χ1v) is 7.65. The maximum absolute atomic E-state index is 11.3. The SMILES string of the molecule is NC(Cc1ccc(OC(=O)CCS(=O)(=O)O)cc1)C(O)O. The van der Waals surface area contributed by atoms with Gasteiger partial charge in [-0.25, -0.2) is 0 Å². The van der Waals surface area contributed by atoms with Crippen molar-refractivity contribution in [2.45, 2.75) is 25.2 Å². The number of rotatable bonds is 7. The zero-order valence-corrected chi connectivity index (χ0v) is 11.9. The smallest absolute Gasteiger partial charge is 0.312 e. The van der Waals surface area contributed by atoms with Crippen LogP contribution in [0.3, 0.4) is 0 Å². The molecule has 0 spiro atoms. The standard InChI is InChI=1S/C12H17NO7S/c13-10(12(15)16)7-8-1-3-9(4-2-8)20-11(14)5-6-21(17,18)19/h1-4,10,12,15-16H,5-7,13H2,(H,17,18,19). The van der Waals surface area contributed by atoms with Crippen molar-refractivity contribution in [2.24, 2.45) is 5.73 Å². The topological polar surface area (TPSA) is 147 Å². The summed E-state index contributed by atoms with van der Waals surface area (Å²) in [5.74, 6) is -1.28. The van der Waals surface area contributed by atoms with Gasteiger partial charge in [-0.3, -0.25) is 9.35 Å². The Bertz CT molecular complexity index is 568. The monoisotopic (exact) mass is 319 g/mol. The van der Waals surface area contributed by atoms with Crippen molar-refractivity contribution in [3.63, 3.8) is 0 Å². The molecule has 9 heteroatoms. The molecule has 8 nitrogen and oxygen atoms in total. The Morgan fingerprint density at radius 2 is 1.81 bits per heavy atom. The third kappa shape index (κ3) is 7.16. The van der Waals surface area contributed by atoms with E-state index in [1.807, 2.05) is 0 Å². The van der Waals surface area contributed by atoms with Crippen LogP contribution < -0.4 is 10.5 Å². The Morgan fingerprint density at radius 3 is 2.29 bits per heavy atom. The van der Waals surface area contributed by atoms with E-state index < -0.39 is 40.6 Å². The van der Waals surface area contributed by atoms with E-state index in [1.54, 1.807) is 12.1 Å². The molecule has 0 saturated heterocycles. The summed E-state index contributed by atoms with van der Waals surface area (Å²) in [7, 11) is -4.20. The van der Waals surface area contributed by atoms with Gasteiger partial charge in [0, 0.05) is 0 Å². The molecule has 1 atom stereocenters. The van der Waals surface area contributed by atoms with Crippen molar-refractivity contribution < 1.29 is 32.7 Å². The van der Waals surface area contributed by atoms with Crippen LogP contribution in [0.4, 0.5) is 0 Å². The van der Waals surface area contributed by atoms with Crippen molar-refractivity contribution in [1.29, 1.82) is 0 Å². The Morgan fingerprint density at radius 1 is 1.24 bits per heavy atom. The molecular weight excluding hydrogens is 302 g/mol. The van der Waals surface area contributed by atoms with Crippen molar-refractivity contribution in [1.82, 2.24) is 0 Å². The summed E-state index contributed by atoms with van der Waals surface area (Å²) < 4.78 is 34.4. The summed E-state index contributed by atoms with van der Waals surface area (Å²) in [4.78, 5) is 11.3. The minimum absolute atomic E-state index is 0.206. The summed E-state index contributed by atoms with van der Waals surface area (Å²) in [6.07, 6.45) is -1.85. The lowest BCUT2D eigenvalue weighted by Crippen LogP contribution is -2.36. The molecule has 0 aliphatic rings. The fraction of sp³-hybridized carbons (Fsp3) is 0.417. The number of hydrogen-bond acceptors (Lipinski definition) is 7. The van der Waals surface area contributed by atoms with Crippen LogP contribution in [-0.4, -0.2) is 47.2 Å². The first-order chi connectivity index (χ1) is 9.67. The van der Waals surface area contributed by atoms with Crippen molar-refractivity contribution in [2.75, 3.05) is 5.75 Å². The largest absolute Gasteiger partial charge is 0.427 e. The van der Waals surface area contributed by atoms with Crippen LogP contribution in [0.15, 0.2) is 24.3 Å². The Kier molecular flexibility index (Phi) is 6.24. The fourth-order valence-corrected chi connectivity index (χ4v) is 1.89. The van der Waals surface area contributed by atoms with Gasteiger partial charge in [0.2, 0.25) is 0 Å². The average molecular weight is 319 g/mol. The average Bonchev–Trinajstić information content (AvgIpc) is 2.38. The minimum atomic E-state index is -4.20. The van der Waals surface area contributed by atoms with Crippen LogP contribution >= 0.6 is 0 Å². The molecule has 0 radical (unpaired) electrons. The summed E-state index contributed by atoms with van der Waals surface area (Å²) in [6, 6.07) is 5.29. The van der Waals surface area contributed by atoms with E-state index in [-0.39, 0.29) is 12.2 Å². The number of esters is 1. The molecule has 1 aromatic carbocycles. The van der Waals surface area contributed by atoms with E-state index in [2.05, 4.69) is 0 Å². The second kappa shape index (κ2) is 7.48. The van der Waals surface area contributed by atoms with Crippen molar-refractivity contribution in [3.05, 3.63) is 29.8 Å². The second-order valence-corrected chi connectivity index (χ2v) is 6.01. The number of ether oxygens (including phenoxy) is 1. The highest BCUT2D eigenvalue weighted by Crippen LogP contribution is 2.14. The highest BCUT2D eigenvalue weighted by Gasteiger charge is 2.13. The van der Waals surface area contributed by atoms with E-state index in [0.717, 1.165) is 0 Å². The number of carbonyl (C=O) groups is 1. The molecule has 0 fully saturated rings. The molecule has 0 saturated carbocycles. The normalized spacial score (nSPS) is 13.2. The number of carbonyl (C=O) groups excluding carboxylic acids is 1. The van der Waals surface area contributed by atoms with Gasteiger partial charge in [0.1, 0.15) is 5.75 Å². The van der Waals surface area contributed by atoms with E-state index >= 15 is 0 Å². The Labute approximate surface area is 121 Å². The first kappa shape index (κ1) is 17.5. The van der Waals surface area contributed by atoms with Crippen LogP contribution in [0.25, 0.3) is 0 Å². The molecular formula is C12H17NO7S. The van der Waals surface area contributed by atoms with E-state index in [4.69, 9.17) is 25.2 Å². The molecule has 0 aromatic heterocycles. The van der Waals surface area contributed by atoms with E-state index in [9.17, 15) is 13.2 Å². The van der Waals surface area contributed by atoms with Crippen LogP contribution in [-0.2, 0) is 21.3 Å². The molecule has 1 aromatic rings. The highest BCUT2D eigenvalue weighted by atomic mass is 32.2. The molecule has 21 heavy (non-hydrogen) atoms. The molecule has 1 rings (SSSR count). The molecule has 118 valence electrons. The molecule has 0 aliphatic carbocycles. The number of aliphatic hydroxyl groups is 2. The van der Waals surface area contributed by atoms with Crippen LogP contribution in [0.2, 0.25) is 0 Å². The van der Waals surface area contributed by atoms with E-state index in [1.165, 1.54) is 12.1 Å². The van der Waals surface area contributed by atoms with Crippen LogP contribution in [0.1, 0.15) is 12.0 Å². The third-order valence-electron chi connectivity index (χ3n) is 2.57. The number of aliphatic hydroxyl groups excluding tert-OH is 1. The maximum atomic E-state index is 11.3. The molecule has 0 aliphatic heterocycles. The van der Waals surface area contributed by atoms with Gasteiger partial charge in [-0.2, -0.15) is 8.42 Å². The quantitative estimate of drug-likeness (QED) is 0.218. The van der Waals surface area contributed by atoms with E-state index in [0.29, 0.717) is 5.56 Å². The highest BCUT2D eigenvalue weighted by molar-refractivity contribution is 7.85. The molecule has 0 bridgehead atoms. The zero-order valence-electron chi connectivity index (χ0n) is 11.0.